The highest BCUT2D eigenvalue weighted by molar-refractivity contribution is 5.77. The average molecular weight is 313 g/mol. The molecule has 120 valence electrons. The molecule has 1 atom stereocenters. The Morgan fingerprint density at radius 1 is 1.22 bits per heavy atom. The van der Waals surface area contributed by atoms with E-state index in [-0.39, 0.29) is 18.1 Å². The molecule has 23 heavy (non-hydrogen) atoms. The van der Waals surface area contributed by atoms with Crippen molar-refractivity contribution in [3.63, 3.8) is 0 Å². The van der Waals surface area contributed by atoms with Crippen molar-refractivity contribution in [2.24, 2.45) is 0 Å². The Balaban J connectivity index is 1.71. The Morgan fingerprint density at radius 3 is 2.70 bits per heavy atom. The molecular formula is C19H20FNO2. The van der Waals surface area contributed by atoms with Crippen molar-refractivity contribution in [2.75, 3.05) is 6.54 Å². The van der Waals surface area contributed by atoms with E-state index in [4.69, 9.17) is 0 Å². The van der Waals surface area contributed by atoms with E-state index in [2.05, 4.69) is 0 Å². The van der Waals surface area contributed by atoms with Crippen LogP contribution in [0.1, 0.15) is 30.0 Å². The van der Waals surface area contributed by atoms with Gasteiger partial charge in [0.1, 0.15) is 5.82 Å². The molecule has 0 spiro atoms. The Kier molecular flexibility index (Phi) is 4.18. The molecule has 0 aliphatic carbocycles. The smallest absolute Gasteiger partial charge is 0.226 e. The zero-order valence-corrected chi connectivity index (χ0v) is 13.1. The minimum absolute atomic E-state index is 0.0353. The van der Waals surface area contributed by atoms with Gasteiger partial charge in [0.2, 0.25) is 5.91 Å². The van der Waals surface area contributed by atoms with Crippen molar-refractivity contribution in [2.45, 2.75) is 31.9 Å². The van der Waals surface area contributed by atoms with Crippen molar-refractivity contribution in [1.82, 2.24) is 4.90 Å². The number of hydrogen-bond acceptors (Lipinski definition) is 2. The summed E-state index contributed by atoms with van der Waals surface area (Å²) in [5, 5.41) is 10.6. The van der Waals surface area contributed by atoms with Gasteiger partial charge in [-0.2, -0.15) is 0 Å². The average Bonchev–Trinajstić information content (AvgIpc) is 2.54. The van der Waals surface area contributed by atoms with E-state index >= 15 is 0 Å². The second kappa shape index (κ2) is 6.13. The molecule has 1 N–H and O–H groups in total. The molecule has 1 amide bonds. The third-order valence-electron chi connectivity index (χ3n) is 4.42. The predicted octanol–water partition coefficient (Wildman–Crippen LogP) is 3.01. The fourth-order valence-corrected chi connectivity index (χ4v) is 3.04. The van der Waals surface area contributed by atoms with Crippen LogP contribution < -0.4 is 0 Å². The first-order chi connectivity index (χ1) is 11.0. The first-order valence-corrected chi connectivity index (χ1v) is 7.79. The highest BCUT2D eigenvalue weighted by Crippen LogP contribution is 2.27. The molecular weight excluding hydrogens is 293 g/mol. The number of halogens is 1. The highest BCUT2D eigenvalue weighted by Gasteiger charge is 2.30. The minimum atomic E-state index is -1.19. The summed E-state index contributed by atoms with van der Waals surface area (Å²) < 4.78 is 13.2. The van der Waals surface area contributed by atoms with Gasteiger partial charge >= 0.3 is 0 Å². The third kappa shape index (κ3) is 3.42. The Morgan fingerprint density at radius 2 is 1.96 bits per heavy atom. The van der Waals surface area contributed by atoms with Crippen LogP contribution in [0.3, 0.4) is 0 Å². The van der Waals surface area contributed by atoms with E-state index in [1.54, 1.807) is 17.9 Å². The Labute approximate surface area is 135 Å². The molecule has 3 nitrogen and oxygen atoms in total. The molecule has 4 heteroatoms. The number of rotatable bonds is 3. The quantitative estimate of drug-likeness (QED) is 0.946. The lowest BCUT2D eigenvalue weighted by Gasteiger charge is -2.32. The molecule has 0 saturated heterocycles. The SMILES string of the molecule is CC(O)(CC(=O)N1CCc2cc(F)ccc2C1)c1ccccc1. The maximum atomic E-state index is 13.2. The van der Waals surface area contributed by atoms with Gasteiger partial charge in [0.25, 0.3) is 0 Å². The lowest BCUT2D eigenvalue weighted by molar-refractivity contribution is -0.137. The number of fused-ring (bicyclic) bond motifs is 1. The summed E-state index contributed by atoms with van der Waals surface area (Å²) in [4.78, 5) is 14.3. The van der Waals surface area contributed by atoms with Crippen molar-refractivity contribution in [3.8, 4) is 0 Å². The minimum Gasteiger partial charge on any atom is -0.385 e. The van der Waals surface area contributed by atoms with Gasteiger partial charge in [-0.1, -0.05) is 36.4 Å². The van der Waals surface area contributed by atoms with Gasteiger partial charge in [-0.05, 0) is 42.2 Å². The third-order valence-corrected chi connectivity index (χ3v) is 4.42. The number of aliphatic hydroxyl groups is 1. The molecule has 2 aromatic rings. The van der Waals surface area contributed by atoms with Crippen molar-refractivity contribution in [3.05, 3.63) is 71.0 Å². The molecule has 0 radical (unpaired) electrons. The van der Waals surface area contributed by atoms with Crippen LogP contribution in [0.4, 0.5) is 4.39 Å². The Hall–Kier alpha value is -2.20. The van der Waals surface area contributed by atoms with Crippen molar-refractivity contribution >= 4 is 5.91 Å². The van der Waals surface area contributed by atoms with E-state index in [0.717, 1.165) is 16.7 Å². The van der Waals surface area contributed by atoms with Crippen LogP contribution in [0, 0.1) is 5.82 Å². The first-order valence-electron chi connectivity index (χ1n) is 7.79. The molecule has 1 aliphatic heterocycles. The van der Waals surface area contributed by atoms with Gasteiger partial charge in [-0.15, -0.1) is 0 Å². The van der Waals surface area contributed by atoms with Gasteiger partial charge in [-0.25, -0.2) is 4.39 Å². The first kappa shape index (κ1) is 15.7. The number of amides is 1. The van der Waals surface area contributed by atoms with Crippen LogP contribution in [-0.2, 0) is 23.4 Å². The van der Waals surface area contributed by atoms with E-state index in [1.807, 2.05) is 30.3 Å². The number of carbonyl (C=O) groups is 1. The molecule has 3 rings (SSSR count). The fraction of sp³-hybridized carbons (Fsp3) is 0.316. The second-order valence-electron chi connectivity index (χ2n) is 6.29. The lowest BCUT2D eigenvalue weighted by atomic mass is 9.91. The molecule has 0 saturated carbocycles. The summed E-state index contributed by atoms with van der Waals surface area (Å²) in [6.45, 7) is 2.69. The predicted molar refractivity (Wildman–Crippen MR) is 86.2 cm³/mol. The van der Waals surface area contributed by atoms with Crippen LogP contribution in [0.2, 0.25) is 0 Å². The van der Waals surface area contributed by atoms with Gasteiger partial charge < -0.3 is 10.0 Å². The number of nitrogens with zero attached hydrogens (tertiary/aromatic N) is 1. The van der Waals surface area contributed by atoms with Gasteiger partial charge in [0.05, 0.1) is 12.0 Å². The highest BCUT2D eigenvalue weighted by atomic mass is 19.1. The van der Waals surface area contributed by atoms with E-state index in [9.17, 15) is 14.3 Å². The van der Waals surface area contributed by atoms with Gasteiger partial charge in [-0.3, -0.25) is 4.79 Å². The molecule has 1 aliphatic rings. The van der Waals surface area contributed by atoms with Gasteiger partial charge in [0, 0.05) is 13.1 Å². The second-order valence-corrected chi connectivity index (χ2v) is 6.29. The summed E-state index contributed by atoms with van der Waals surface area (Å²) in [6, 6.07) is 13.9. The lowest BCUT2D eigenvalue weighted by Crippen LogP contribution is -2.39. The summed E-state index contributed by atoms with van der Waals surface area (Å²) in [6.07, 6.45) is 0.680. The summed E-state index contributed by atoms with van der Waals surface area (Å²) in [5.41, 5.74) is 1.48. The monoisotopic (exact) mass is 313 g/mol. The van der Waals surface area contributed by atoms with Crippen LogP contribution in [0.25, 0.3) is 0 Å². The van der Waals surface area contributed by atoms with E-state index in [1.165, 1.54) is 12.1 Å². The van der Waals surface area contributed by atoms with Crippen LogP contribution >= 0.6 is 0 Å². The topological polar surface area (TPSA) is 40.5 Å². The van der Waals surface area contributed by atoms with E-state index < -0.39 is 5.60 Å². The van der Waals surface area contributed by atoms with Crippen molar-refractivity contribution in [1.29, 1.82) is 0 Å². The molecule has 0 fully saturated rings. The molecule has 1 heterocycles. The Bertz CT molecular complexity index is 713. The standard InChI is InChI=1S/C19H20FNO2/c1-19(23,16-5-3-2-4-6-16)12-18(22)21-10-9-14-11-17(20)8-7-15(14)13-21/h2-8,11,23H,9-10,12-13H2,1H3. The number of hydrogen-bond donors (Lipinski definition) is 1. The molecule has 0 aromatic heterocycles. The maximum absolute atomic E-state index is 13.2. The van der Waals surface area contributed by atoms with E-state index in [0.29, 0.717) is 19.5 Å². The zero-order chi connectivity index (χ0) is 16.4. The van der Waals surface area contributed by atoms with Crippen molar-refractivity contribution < 1.29 is 14.3 Å². The van der Waals surface area contributed by atoms with Crippen LogP contribution in [0.15, 0.2) is 48.5 Å². The summed E-state index contributed by atoms with van der Waals surface area (Å²) in [5.74, 6) is -0.329. The molecule has 2 aromatic carbocycles. The number of benzene rings is 2. The van der Waals surface area contributed by atoms with Crippen LogP contribution in [-0.4, -0.2) is 22.5 Å². The molecule has 1 unspecified atom stereocenters. The largest absolute Gasteiger partial charge is 0.385 e. The fourth-order valence-electron chi connectivity index (χ4n) is 3.04. The van der Waals surface area contributed by atoms with Gasteiger partial charge in [0.15, 0.2) is 0 Å². The summed E-state index contributed by atoms with van der Waals surface area (Å²) >= 11 is 0. The maximum Gasteiger partial charge on any atom is 0.226 e. The zero-order valence-electron chi connectivity index (χ0n) is 13.1. The molecule has 0 bridgehead atoms. The number of carbonyl (C=O) groups excluding carboxylic acids is 1. The summed E-state index contributed by atoms with van der Waals surface area (Å²) in [7, 11) is 0. The van der Waals surface area contributed by atoms with Crippen LogP contribution in [0.5, 0.6) is 0 Å². The normalized spacial score (nSPS) is 16.6.